The molecule has 1 heterocycles. The lowest BCUT2D eigenvalue weighted by Crippen LogP contribution is -2.31. The summed E-state index contributed by atoms with van der Waals surface area (Å²) in [5.74, 6) is 0.114. The number of carbonyl (C=O) groups excluding carboxylic acids is 1. The molecule has 1 saturated heterocycles. The van der Waals surface area contributed by atoms with Crippen LogP contribution < -0.4 is 10.6 Å². The zero-order valence-corrected chi connectivity index (χ0v) is 12.3. The van der Waals surface area contributed by atoms with E-state index in [1.54, 1.807) is 0 Å². The fourth-order valence-corrected chi connectivity index (χ4v) is 2.99. The molecule has 1 amide bonds. The predicted octanol–water partition coefficient (Wildman–Crippen LogP) is 2.64. The minimum Gasteiger partial charge on any atom is -0.356 e. The van der Waals surface area contributed by atoms with Gasteiger partial charge in [0.2, 0.25) is 5.91 Å². The van der Waals surface area contributed by atoms with E-state index in [1.807, 2.05) is 18.2 Å². The first-order chi connectivity index (χ1) is 10.3. The van der Waals surface area contributed by atoms with Gasteiger partial charge in [0.05, 0.1) is 6.42 Å². The van der Waals surface area contributed by atoms with E-state index in [1.165, 1.54) is 23.6 Å². The smallest absolute Gasteiger partial charge is 0.224 e. The van der Waals surface area contributed by atoms with Crippen LogP contribution in [0, 0.1) is 0 Å². The zero-order valence-electron chi connectivity index (χ0n) is 12.3. The van der Waals surface area contributed by atoms with Crippen LogP contribution >= 0.6 is 0 Å². The van der Waals surface area contributed by atoms with Crippen LogP contribution in [0.15, 0.2) is 42.5 Å². The van der Waals surface area contributed by atoms with Gasteiger partial charge in [-0.3, -0.25) is 4.79 Å². The first kappa shape index (κ1) is 14.1. The van der Waals surface area contributed by atoms with E-state index < -0.39 is 0 Å². The molecule has 110 valence electrons. The fourth-order valence-electron chi connectivity index (χ4n) is 2.99. The molecular weight excluding hydrogens is 260 g/mol. The lowest BCUT2D eigenvalue weighted by Gasteiger charge is -2.11. The topological polar surface area (TPSA) is 41.1 Å². The molecule has 2 N–H and O–H groups in total. The van der Waals surface area contributed by atoms with Gasteiger partial charge in [-0.25, -0.2) is 0 Å². The van der Waals surface area contributed by atoms with Crippen LogP contribution in [0.25, 0.3) is 10.8 Å². The van der Waals surface area contributed by atoms with Crippen LogP contribution in [0.2, 0.25) is 0 Å². The molecule has 0 saturated carbocycles. The third-order valence-corrected chi connectivity index (χ3v) is 4.16. The third kappa shape index (κ3) is 3.82. The summed E-state index contributed by atoms with van der Waals surface area (Å²) < 4.78 is 0. The number of benzene rings is 2. The van der Waals surface area contributed by atoms with Gasteiger partial charge >= 0.3 is 0 Å². The van der Waals surface area contributed by atoms with E-state index in [2.05, 4.69) is 34.9 Å². The first-order valence-electron chi connectivity index (χ1n) is 7.79. The highest BCUT2D eigenvalue weighted by molar-refractivity contribution is 5.85. The normalized spacial score (nSPS) is 18.0. The monoisotopic (exact) mass is 282 g/mol. The maximum absolute atomic E-state index is 12.0. The number of fused-ring (bicyclic) bond motifs is 1. The largest absolute Gasteiger partial charge is 0.356 e. The molecule has 3 nitrogen and oxygen atoms in total. The molecule has 3 heteroatoms. The number of amides is 1. The Bertz CT molecular complexity index is 617. The Hall–Kier alpha value is -1.87. The number of nitrogens with one attached hydrogen (secondary N) is 2. The highest BCUT2D eigenvalue weighted by atomic mass is 16.1. The molecule has 0 bridgehead atoms. The molecule has 1 atom stereocenters. The zero-order chi connectivity index (χ0) is 14.5. The highest BCUT2D eigenvalue weighted by Gasteiger charge is 2.13. The second-order valence-electron chi connectivity index (χ2n) is 5.79. The number of hydrogen-bond donors (Lipinski definition) is 2. The van der Waals surface area contributed by atoms with Gasteiger partial charge in [0.1, 0.15) is 0 Å². The van der Waals surface area contributed by atoms with Gasteiger partial charge in [-0.05, 0) is 42.1 Å². The van der Waals surface area contributed by atoms with E-state index >= 15 is 0 Å². The summed E-state index contributed by atoms with van der Waals surface area (Å²) in [5, 5.41) is 8.89. The molecule has 1 fully saturated rings. The average Bonchev–Trinajstić information content (AvgIpc) is 3.00. The van der Waals surface area contributed by atoms with E-state index in [9.17, 15) is 4.79 Å². The number of hydrogen-bond acceptors (Lipinski definition) is 2. The predicted molar refractivity (Wildman–Crippen MR) is 86.3 cm³/mol. The molecule has 0 unspecified atom stereocenters. The Kier molecular flexibility index (Phi) is 4.51. The third-order valence-electron chi connectivity index (χ3n) is 4.16. The second-order valence-corrected chi connectivity index (χ2v) is 5.79. The molecule has 1 aliphatic rings. The van der Waals surface area contributed by atoms with Gasteiger partial charge < -0.3 is 10.6 Å². The highest BCUT2D eigenvalue weighted by Crippen LogP contribution is 2.16. The maximum atomic E-state index is 12.0. The molecule has 3 rings (SSSR count). The lowest BCUT2D eigenvalue weighted by atomic mass is 10.0. The molecular formula is C18H22N2O. The van der Waals surface area contributed by atoms with Crippen molar-refractivity contribution in [3.63, 3.8) is 0 Å². The Morgan fingerprint density at radius 3 is 2.86 bits per heavy atom. The first-order valence-corrected chi connectivity index (χ1v) is 7.79. The van der Waals surface area contributed by atoms with E-state index in [4.69, 9.17) is 0 Å². The van der Waals surface area contributed by atoms with E-state index in [0.717, 1.165) is 25.1 Å². The van der Waals surface area contributed by atoms with Crippen molar-refractivity contribution in [3.05, 3.63) is 48.0 Å². The average molecular weight is 282 g/mol. The fraction of sp³-hybridized carbons (Fsp3) is 0.389. The molecule has 0 radical (unpaired) electrons. The second kappa shape index (κ2) is 6.72. The van der Waals surface area contributed by atoms with Crippen LogP contribution in [-0.2, 0) is 11.2 Å². The van der Waals surface area contributed by atoms with Gasteiger partial charge in [0.25, 0.3) is 0 Å². The van der Waals surface area contributed by atoms with Crippen LogP contribution in [-0.4, -0.2) is 25.0 Å². The standard InChI is InChI=1S/C18H22N2O/c21-18(20-11-9-17-6-3-10-19-17)13-14-7-8-15-4-1-2-5-16(15)12-14/h1-2,4-5,7-8,12,17,19H,3,6,9-11,13H2,(H,20,21)/t17-/m0/s1. The minimum atomic E-state index is 0.114. The lowest BCUT2D eigenvalue weighted by molar-refractivity contribution is -0.120. The van der Waals surface area contributed by atoms with E-state index in [0.29, 0.717) is 12.5 Å². The molecule has 21 heavy (non-hydrogen) atoms. The Labute approximate surface area is 125 Å². The van der Waals surface area contributed by atoms with Gasteiger partial charge in [-0.2, -0.15) is 0 Å². The van der Waals surface area contributed by atoms with Crippen LogP contribution in [0.4, 0.5) is 0 Å². The van der Waals surface area contributed by atoms with Crippen molar-refractivity contribution < 1.29 is 4.79 Å². The number of rotatable bonds is 5. The molecule has 0 aliphatic carbocycles. The summed E-state index contributed by atoms with van der Waals surface area (Å²) in [6.45, 7) is 1.89. The van der Waals surface area contributed by atoms with Gasteiger partial charge in [-0.15, -0.1) is 0 Å². The van der Waals surface area contributed by atoms with Crippen molar-refractivity contribution in [1.82, 2.24) is 10.6 Å². The van der Waals surface area contributed by atoms with E-state index in [-0.39, 0.29) is 5.91 Å². The molecule has 1 aliphatic heterocycles. The quantitative estimate of drug-likeness (QED) is 0.885. The van der Waals surface area contributed by atoms with Crippen LogP contribution in [0.3, 0.4) is 0 Å². The summed E-state index contributed by atoms with van der Waals surface area (Å²) in [4.78, 5) is 12.0. The van der Waals surface area contributed by atoms with Crippen molar-refractivity contribution in [2.24, 2.45) is 0 Å². The Morgan fingerprint density at radius 1 is 1.19 bits per heavy atom. The van der Waals surface area contributed by atoms with Crippen LogP contribution in [0.1, 0.15) is 24.8 Å². The summed E-state index contributed by atoms with van der Waals surface area (Å²) >= 11 is 0. The summed E-state index contributed by atoms with van der Waals surface area (Å²) in [6, 6.07) is 15.1. The SMILES string of the molecule is O=C(Cc1ccc2ccccc2c1)NCC[C@@H]1CCCN1. The van der Waals surface area contributed by atoms with Crippen molar-refractivity contribution >= 4 is 16.7 Å². The van der Waals surface area contributed by atoms with Crippen molar-refractivity contribution in [2.75, 3.05) is 13.1 Å². The maximum Gasteiger partial charge on any atom is 0.224 e. The summed E-state index contributed by atoms with van der Waals surface area (Å²) in [7, 11) is 0. The summed E-state index contributed by atoms with van der Waals surface area (Å²) in [5.41, 5.74) is 1.07. The molecule has 2 aromatic carbocycles. The van der Waals surface area contributed by atoms with Gasteiger partial charge in [0.15, 0.2) is 0 Å². The van der Waals surface area contributed by atoms with Crippen molar-refractivity contribution in [2.45, 2.75) is 31.7 Å². The van der Waals surface area contributed by atoms with Crippen LogP contribution in [0.5, 0.6) is 0 Å². The summed E-state index contributed by atoms with van der Waals surface area (Å²) in [6.07, 6.45) is 3.99. The van der Waals surface area contributed by atoms with Gasteiger partial charge in [-0.1, -0.05) is 42.5 Å². The van der Waals surface area contributed by atoms with Gasteiger partial charge in [0, 0.05) is 12.6 Å². The molecule has 0 spiro atoms. The minimum absolute atomic E-state index is 0.114. The Morgan fingerprint density at radius 2 is 2.05 bits per heavy atom. The Balaban J connectivity index is 1.50. The molecule has 0 aromatic heterocycles. The molecule has 2 aromatic rings. The number of carbonyl (C=O) groups is 1. The van der Waals surface area contributed by atoms with Crippen molar-refractivity contribution in [3.8, 4) is 0 Å². The van der Waals surface area contributed by atoms with Crippen molar-refractivity contribution in [1.29, 1.82) is 0 Å².